The molecule has 0 spiro atoms. The van der Waals surface area contributed by atoms with Crippen LogP contribution in [0.25, 0.3) is 10.9 Å². The van der Waals surface area contributed by atoms with Crippen LogP contribution in [0.4, 0.5) is 0 Å². The van der Waals surface area contributed by atoms with Crippen molar-refractivity contribution in [2.24, 2.45) is 5.16 Å². The molecule has 0 aliphatic rings. The van der Waals surface area contributed by atoms with Gasteiger partial charge in [0, 0.05) is 10.9 Å². The number of halogens is 1. The number of benzene rings is 1. The highest BCUT2D eigenvalue weighted by Crippen LogP contribution is 2.23. The van der Waals surface area contributed by atoms with Gasteiger partial charge in [-0.2, -0.15) is 0 Å². The molecule has 82 valence electrons. The van der Waals surface area contributed by atoms with Gasteiger partial charge >= 0.3 is 0 Å². The first-order valence-electron chi connectivity index (χ1n) is 4.56. The second-order valence-corrected chi connectivity index (χ2v) is 3.53. The molecule has 1 aromatic carbocycles. The number of fused-ring (bicyclic) bond motifs is 1. The molecule has 0 radical (unpaired) electrons. The molecule has 0 saturated heterocycles. The van der Waals surface area contributed by atoms with Gasteiger partial charge in [0.25, 0.3) is 0 Å². The van der Waals surface area contributed by atoms with E-state index in [-0.39, 0.29) is 0 Å². The van der Waals surface area contributed by atoms with Crippen molar-refractivity contribution in [1.82, 2.24) is 4.98 Å². The zero-order chi connectivity index (χ0) is 11.5. The SMILES string of the molecule is COc1ccc2nc(Cl)c(/C=N\O)cc2c1. The summed E-state index contributed by atoms with van der Waals surface area (Å²) in [6.07, 6.45) is 1.24. The second kappa shape index (κ2) is 4.37. The van der Waals surface area contributed by atoms with Gasteiger partial charge in [-0.15, -0.1) is 0 Å². The average molecular weight is 237 g/mol. The third kappa shape index (κ3) is 1.92. The molecule has 0 atom stereocenters. The van der Waals surface area contributed by atoms with Gasteiger partial charge in [-0.25, -0.2) is 4.98 Å². The highest BCUT2D eigenvalue weighted by molar-refractivity contribution is 6.32. The molecule has 1 aromatic heterocycles. The summed E-state index contributed by atoms with van der Waals surface area (Å²) >= 11 is 5.91. The Balaban J connectivity index is 2.65. The number of rotatable bonds is 2. The zero-order valence-electron chi connectivity index (χ0n) is 8.51. The molecule has 0 saturated carbocycles. The standard InChI is InChI=1S/C11H9ClN2O2/c1-16-9-2-3-10-7(5-9)4-8(6-13-15)11(12)14-10/h2-6,15H,1H3/b13-6-. The van der Waals surface area contributed by atoms with Crippen LogP contribution in [0, 0.1) is 0 Å². The minimum atomic E-state index is 0.301. The van der Waals surface area contributed by atoms with Crippen molar-refractivity contribution in [2.75, 3.05) is 7.11 Å². The van der Waals surface area contributed by atoms with Crippen molar-refractivity contribution in [3.8, 4) is 5.75 Å². The van der Waals surface area contributed by atoms with E-state index in [1.807, 2.05) is 18.2 Å². The Kier molecular flexibility index (Phi) is 2.92. The molecule has 4 nitrogen and oxygen atoms in total. The maximum atomic E-state index is 8.48. The zero-order valence-corrected chi connectivity index (χ0v) is 9.27. The normalized spacial score (nSPS) is 11.1. The lowest BCUT2D eigenvalue weighted by molar-refractivity contribution is 0.322. The minimum absolute atomic E-state index is 0.301. The van der Waals surface area contributed by atoms with Crippen LogP contribution in [-0.4, -0.2) is 23.5 Å². The summed E-state index contributed by atoms with van der Waals surface area (Å²) in [4.78, 5) is 4.18. The summed E-state index contributed by atoms with van der Waals surface area (Å²) in [5.41, 5.74) is 1.32. The number of pyridine rings is 1. The van der Waals surface area contributed by atoms with Gasteiger partial charge < -0.3 is 9.94 Å². The number of aromatic nitrogens is 1. The van der Waals surface area contributed by atoms with Crippen LogP contribution in [0.15, 0.2) is 29.4 Å². The Morgan fingerprint density at radius 1 is 1.44 bits per heavy atom. The maximum absolute atomic E-state index is 8.48. The lowest BCUT2D eigenvalue weighted by atomic mass is 10.1. The predicted octanol–water partition coefficient (Wildman–Crippen LogP) is 2.70. The Bertz CT molecular complexity index is 555. The predicted molar refractivity (Wildman–Crippen MR) is 62.7 cm³/mol. The van der Waals surface area contributed by atoms with Crippen LogP contribution in [-0.2, 0) is 0 Å². The van der Waals surface area contributed by atoms with Crippen molar-refractivity contribution in [3.05, 3.63) is 35.0 Å². The number of hydrogen-bond acceptors (Lipinski definition) is 4. The van der Waals surface area contributed by atoms with E-state index in [0.717, 1.165) is 16.7 Å². The van der Waals surface area contributed by atoms with Crippen LogP contribution >= 0.6 is 11.6 Å². The summed E-state index contributed by atoms with van der Waals surface area (Å²) in [7, 11) is 1.60. The topological polar surface area (TPSA) is 54.7 Å². The molecule has 0 unspecified atom stereocenters. The van der Waals surface area contributed by atoms with E-state index in [1.54, 1.807) is 13.2 Å². The Morgan fingerprint density at radius 2 is 2.25 bits per heavy atom. The first kappa shape index (κ1) is 10.7. The van der Waals surface area contributed by atoms with Crippen molar-refractivity contribution in [1.29, 1.82) is 0 Å². The molecule has 0 fully saturated rings. The number of ether oxygens (including phenoxy) is 1. The summed E-state index contributed by atoms with van der Waals surface area (Å²) < 4.78 is 5.11. The summed E-state index contributed by atoms with van der Waals surface area (Å²) in [5.74, 6) is 0.739. The van der Waals surface area contributed by atoms with Crippen LogP contribution in [0.3, 0.4) is 0 Å². The number of hydrogen-bond donors (Lipinski definition) is 1. The van der Waals surface area contributed by atoms with Crippen molar-refractivity contribution in [2.45, 2.75) is 0 Å². The van der Waals surface area contributed by atoms with E-state index in [4.69, 9.17) is 21.5 Å². The van der Waals surface area contributed by atoms with Gasteiger partial charge in [0.15, 0.2) is 0 Å². The maximum Gasteiger partial charge on any atom is 0.138 e. The van der Waals surface area contributed by atoms with E-state index in [0.29, 0.717) is 10.7 Å². The molecule has 0 amide bonds. The van der Waals surface area contributed by atoms with E-state index in [9.17, 15) is 0 Å². The highest BCUT2D eigenvalue weighted by atomic mass is 35.5. The summed E-state index contributed by atoms with van der Waals surface area (Å²) in [5, 5.41) is 12.6. The van der Waals surface area contributed by atoms with Crippen LogP contribution in [0.5, 0.6) is 5.75 Å². The molecule has 2 rings (SSSR count). The van der Waals surface area contributed by atoms with Gasteiger partial charge in [-0.3, -0.25) is 0 Å². The van der Waals surface area contributed by atoms with E-state index in [1.165, 1.54) is 6.21 Å². The largest absolute Gasteiger partial charge is 0.497 e. The molecular weight excluding hydrogens is 228 g/mol. The quantitative estimate of drug-likeness (QED) is 0.378. The molecule has 2 aromatic rings. The van der Waals surface area contributed by atoms with Gasteiger partial charge in [0.1, 0.15) is 10.9 Å². The minimum Gasteiger partial charge on any atom is -0.497 e. The summed E-state index contributed by atoms with van der Waals surface area (Å²) in [6.45, 7) is 0. The molecule has 0 aliphatic heterocycles. The fourth-order valence-electron chi connectivity index (χ4n) is 1.43. The fourth-order valence-corrected chi connectivity index (χ4v) is 1.62. The fraction of sp³-hybridized carbons (Fsp3) is 0.0909. The van der Waals surface area contributed by atoms with Gasteiger partial charge in [0.05, 0.1) is 18.8 Å². The Hall–Kier alpha value is -1.81. The lowest BCUT2D eigenvalue weighted by Crippen LogP contribution is -1.90. The first-order chi connectivity index (χ1) is 7.74. The van der Waals surface area contributed by atoms with Crippen LogP contribution in [0.2, 0.25) is 5.15 Å². The molecule has 16 heavy (non-hydrogen) atoms. The van der Waals surface area contributed by atoms with E-state index in [2.05, 4.69) is 10.1 Å². The highest BCUT2D eigenvalue weighted by Gasteiger charge is 2.04. The molecular formula is C11H9ClN2O2. The number of oxime groups is 1. The Morgan fingerprint density at radius 3 is 2.94 bits per heavy atom. The smallest absolute Gasteiger partial charge is 0.138 e. The third-order valence-corrected chi connectivity index (χ3v) is 2.50. The number of nitrogens with zero attached hydrogens (tertiary/aromatic N) is 2. The number of methoxy groups -OCH3 is 1. The van der Waals surface area contributed by atoms with Crippen molar-refractivity contribution < 1.29 is 9.94 Å². The average Bonchev–Trinajstić information content (AvgIpc) is 2.30. The Labute approximate surface area is 97.1 Å². The first-order valence-corrected chi connectivity index (χ1v) is 4.94. The monoisotopic (exact) mass is 236 g/mol. The molecule has 5 heteroatoms. The van der Waals surface area contributed by atoms with Crippen molar-refractivity contribution in [3.63, 3.8) is 0 Å². The molecule has 0 aliphatic carbocycles. The second-order valence-electron chi connectivity index (χ2n) is 3.17. The summed E-state index contributed by atoms with van der Waals surface area (Å²) in [6, 6.07) is 7.26. The molecule has 0 bridgehead atoms. The van der Waals surface area contributed by atoms with Gasteiger partial charge in [0.2, 0.25) is 0 Å². The lowest BCUT2D eigenvalue weighted by Gasteiger charge is -2.04. The van der Waals surface area contributed by atoms with Gasteiger partial charge in [-0.1, -0.05) is 16.8 Å². The van der Waals surface area contributed by atoms with Crippen LogP contribution < -0.4 is 4.74 Å². The van der Waals surface area contributed by atoms with Crippen LogP contribution in [0.1, 0.15) is 5.56 Å². The van der Waals surface area contributed by atoms with Gasteiger partial charge in [-0.05, 0) is 24.3 Å². The van der Waals surface area contributed by atoms with E-state index >= 15 is 0 Å². The molecule has 1 N–H and O–H groups in total. The van der Waals surface area contributed by atoms with Crippen molar-refractivity contribution >= 4 is 28.7 Å². The third-order valence-electron chi connectivity index (χ3n) is 2.20. The van der Waals surface area contributed by atoms with E-state index < -0.39 is 0 Å². The molecule has 1 heterocycles.